The molecule has 2 rings (SSSR count). The third kappa shape index (κ3) is 4.05. The second-order valence-electron chi connectivity index (χ2n) is 5.20. The van der Waals surface area contributed by atoms with Crippen molar-refractivity contribution in [3.05, 3.63) is 64.4 Å². The van der Waals surface area contributed by atoms with Crippen LogP contribution < -0.4 is 11.1 Å². The van der Waals surface area contributed by atoms with Gasteiger partial charge in [0.1, 0.15) is 5.82 Å². The zero-order valence-corrected chi connectivity index (χ0v) is 13.0. The van der Waals surface area contributed by atoms with Crippen molar-refractivity contribution in [1.29, 1.82) is 0 Å². The number of nitrogens with two attached hydrogens (primary N) is 1. The number of hydrogen-bond acceptors (Lipinski definition) is 2. The van der Waals surface area contributed by atoms with E-state index < -0.39 is 0 Å². The molecule has 0 radical (unpaired) electrons. The molecule has 2 nitrogen and oxygen atoms in total. The first-order valence-electron chi connectivity index (χ1n) is 6.49. The molecule has 1 atom stereocenters. The van der Waals surface area contributed by atoms with Crippen LogP contribution >= 0.6 is 15.9 Å². The van der Waals surface area contributed by atoms with E-state index in [-0.39, 0.29) is 11.4 Å². The first-order chi connectivity index (χ1) is 9.50. The van der Waals surface area contributed by atoms with Crippen molar-refractivity contribution in [1.82, 2.24) is 0 Å². The minimum Gasteiger partial charge on any atom is -0.378 e. The van der Waals surface area contributed by atoms with Gasteiger partial charge in [-0.15, -0.1) is 0 Å². The van der Waals surface area contributed by atoms with Gasteiger partial charge in [-0.05, 0) is 55.3 Å². The van der Waals surface area contributed by atoms with Gasteiger partial charge in [0.15, 0.2) is 0 Å². The van der Waals surface area contributed by atoms with E-state index >= 15 is 0 Å². The summed E-state index contributed by atoms with van der Waals surface area (Å²) in [6, 6.07) is 14.6. The van der Waals surface area contributed by atoms with Gasteiger partial charge in [-0.1, -0.05) is 28.1 Å². The van der Waals surface area contributed by atoms with Crippen LogP contribution in [0.5, 0.6) is 0 Å². The molecule has 0 fully saturated rings. The van der Waals surface area contributed by atoms with Crippen LogP contribution in [0.2, 0.25) is 0 Å². The highest BCUT2D eigenvalue weighted by atomic mass is 79.9. The Labute approximate surface area is 127 Å². The molecule has 0 bridgehead atoms. The Kier molecular flexibility index (Phi) is 4.78. The fourth-order valence-electron chi connectivity index (χ4n) is 2.15. The zero-order chi connectivity index (χ0) is 14.6. The van der Waals surface area contributed by atoms with Crippen LogP contribution in [0.15, 0.2) is 53.0 Å². The van der Waals surface area contributed by atoms with Crippen molar-refractivity contribution in [3.8, 4) is 0 Å². The maximum atomic E-state index is 13.3. The molecule has 2 aromatic carbocycles. The molecule has 106 valence electrons. The molecule has 0 aliphatic heterocycles. The second-order valence-corrected chi connectivity index (χ2v) is 6.12. The van der Waals surface area contributed by atoms with Crippen LogP contribution in [0, 0.1) is 5.82 Å². The summed E-state index contributed by atoms with van der Waals surface area (Å²) in [4.78, 5) is 0. The van der Waals surface area contributed by atoms with E-state index in [4.69, 9.17) is 5.73 Å². The smallest absolute Gasteiger partial charge is 0.123 e. The maximum absolute atomic E-state index is 13.3. The second kappa shape index (κ2) is 6.37. The van der Waals surface area contributed by atoms with Gasteiger partial charge in [0.25, 0.3) is 0 Å². The Balaban J connectivity index is 2.14. The summed E-state index contributed by atoms with van der Waals surface area (Å²) in [6.45, 7) is 2.50. The number of halogens is 2. The monoisotopic (exact) mass is 336 g/mol. The van der Waals surface area contributed by atoms with Gasteiger partial charge in [0.05, 0.1) is 5.54 Å². The van der Waals surface area contributed by atoms with Crippen LogP contribution in [0.25, 0.3) is 0 Å². The number of hydrogen-bond donors (Lipinski definition) is 2. The van der Waals surface area contributed by atoms with Crippen LogP contribution in [-0.2, 0) is 6.42 Å². The maximum Gasteiger partial charge on any atom is 0.123 e. The van der Waals surface area contributed by atoms with Crippen molar-refractivity contribution in [2.45, 2.75) is 18.9 Å². The predicted molar refractivity (Wildman–Crippen MR) is 85.3 cm³/mol. The van der Waals surface area contributed by atoms with E-state index in [9.17, 15) is 4.39 Å². The quantitative estimate of drug-likeness (QED) is 0.867. The highest BCUT2D eigenvalue weighted by molar-refractivity contribution is 9.10. The molecule has 0 spiro atoms. The third-order valence-electron chi connectivity index (χ3n) is 3.22. The third-order valence-corrected chi connectivity index (χ3v) is 3.75. The summed E-state index contributed by atoms with van der Waals surface area (Å²) in [5.41, 5.74) is 7.52. The van der Waals surface area contributed by atoms with Crippen molar-refractivity contribution < 1.29 is 4.39 Å². The fourth-order valence-corrected chi connectivity index (χ4v) is 2.41. The Bertz CT molecular complexity index is 571. The van der Waals surface area contributed by atoms with Gasteiger partial charge >= 0.3 is 0 Å². The molecule has 1 unspecified atom stereocenters. The molecule has 0 heterocycles. The summed E-state index contributed by atoms with van der Waals surface area (Å²) in [5, 5.41) is 3.43. The molecule has 2 aromatic rings. The predicted octanol–water partition coefficient (Wildman–Crippen LogP) is 3.96. The van der Waals surface area contributed by atoms with Crippen LogP contribution in [0.3, 0.4) is 0 Å². The van der Waals surface area contributed by atoms with E-state index in [2.05, 4.69) is 21.2 Å². The van der Waals surface area contributed by atoms with Crippen LogP contribution in [0.4, 0.5) is 10.1 Å². The first kappa shape index (κ1) is 15.0. The highest BCUT2D eigenvalue weighted by Crippen LogP contribution is 2.21. The van der Waals surface area contributed by atoms with Crippen LogP contribution in [-0.4, -0.2) is 12.1 Å². The molecule has 20 heavy (non-hydrogen) atoms. The van der Waals surface area contributed by atoms with Gasteiger partial charge < -0.3 is 11.1 Å². The lowest BCUT2D eigenvalue weighted by atomic mass is 9.92. The SMILES string of the molecule is CC(CN)(Cc1cccc(F)c1)Nc1ccc(Br)cc1. The Morgan fingerprint density at radius 3 is 2.50 bits per heavy atom. The largest absolute Gasteiger partial charge is 0.378 e. The molecule has 0 aromatic heterocycles. The number of benzene rings is 2. The lowest BCUT2D eigenvalue weighted by Crippen LogP contribution is -2.44. The molecule has 0 saturated heterocycles. The van der Waals surface area contributed by atoms with E-state index in [0.29, 0.717) is 13.0 Å². The lowest BCUT2D eigenvalue weighted by Gasteiger charge is -2.31. The average Bonchev–Trinajstić information content (AvgIpc) is 2.41. The molecule has 3 N–H and O–H groups in total. The number of anilines is 1. The van der Waals surface area contributed by atoms with E-state index in [1.807, 2.05) is 37.3 Å². The van der Waals surface area contributed by atoms with Gasteiger partial charge in [-0.3, -0.25) is 0 Å². The van der Waals surface area contributed by atoms with Gasteiger partial charge in [-0.2, -0.15) is 0 Å². The van der Waals surface area contributed by atoms with E-state index in [1.54, 1.807) is 12.1 Å². The normalized spacial score (nSPS) is 13.8. The molecule has 0 aliphatic rings. The van der Waals surface area contributed by atoms with Gasteiger partial charge in [-0.25, -0.2) is 4.39 Å². The van der Waals surface area contributed by atoms with E-state index in [0.717, 1.165) is 15.7 Å². The standard InChI is InChI=1S/C16H18BrFN2/c1-16(11-19,10-12-3-2-4-14(18)9-12)20-15-7-5-13(17)6-8-15/h2-9,20H,10-11,19H2,1H3. The Morgan fingerprint density at radius 2 is 1.90 bits per heavy atom. The van der Waals surface area contributed by atoms with E-state index in [1.165, 1.54) is 6.07 Å². The summed E-state index contributed by atoms with van der Waals surface area (Å²) in [5.74, 6) is -0.217. The number of nitrogens with one attached hydrogen (secondary N) is 1. The summed E-state index contributed by atoms with van der Waals surface area (Å²) in [7, 11) is 0. The molecular formula is C16H18BrFN2. The summed E-state index contributed by atoms with van der Waals surface area (Å²) in [6.07, 6.45) is 0.664. The van der Waals surface area contributed by atoms with Gasteiger partial charge in [0.2, 0.25) is 0 Å². The minimum atomic E-state index is -0.318. The average molecular weight is 337 g/mol. The molecule has 0 aliphatic carbocycles. The van der Waals surface area contributed by atoms with Gasteiger partial charge in [0, 0.05) is 16.7 Å². The van der Waals surface area contributed by atoms with Crippen molar-refractivity contribution in [3.63, 3.8) is 0 Å². The summed E-state index contributed by atoms with van der Waals surface area (Å²) < 4.78 is 14.3. The highest BCUT2D eigenvalue weighted by Gasteiger charge is 2.22. The lowest BCUT2D eigenvalue weighted by molar-refractivity contribution is 0.518. The van der Waals surface area contributed by atoms with Crippen molar-refractivity contribution >= 4 is 21.6 Å². The Morgan fingerprint density at radius 1 is 1.20 bits per heavy atom. The zero-order valence-electron chi connectivity index (χ0n) is 11.4. The first-order valence-corrected chi connectivity index (χ1v) is 7.28. The minimum absolute atomic E-state index is 0.217. The Hall–Kier alpha value is -1.39. The fraction of sp³-hybridized carbons (Fsp3) is 0.250. The molecule has 0 saturated carbocycles. The molecule has 0 amide bonds. The molecular weight excluding hydrogens is 319 g/mol. The molecule has 4 heteroatoms. The summed E-state index contributed by atoms with van der Waals surface area (Å²) >= 11 is 3.41. The van der Waals surface area contributed by atoms with Crippen LogP contribution in [0.1, 0.15) is 12.5 Å². The number of rotatable bonds is 5. The topological polar surface area (TPSA) is 38.0 Å². The van der Waals surface area contributed by atoms with Crippen molar-refractivity contribution in [2.75, 3.05) is 11.9 Å². The van der Waals surface area contributed by atoms with Crippen molar-refractivity contribution in [2.24, 2.45) is 5.73 Å².